The first-order valence-corrected chi connectivity index (χ1v) is 8.39. The Labute approximate surface area is 143 Å². The van der Waals surface area contributed by atoms with E-state index in [0.29, 0.717) is 23.7 Å². The largest absolute Gasteiger partial charge is 0.353 e. The molecule has 1 aromatic carbocycles. The highest BCUT2D eigenvalue weighted by Crippen LogP contribution is 2.15. The molecule has 0 aliphatic carbocycles. The molecule has 1 aromatic rings. The van der Waals surface area contributed by atoms with Gasteiger partial charge >= 0.3 is 0 Å². The normalized spacial score (nSPS) is 12.0. The van der Waals surface area contributed by atoms with Crippen LogP contribution in [0.15, 0.2) is 24.3 Å². The summed E-state index contributed by atoms with van der Waals surface area (Å²) in [5.41, 5.74) is 0.372. The first kappa shape index (κ1) is 19.5. The molecule has 1 unspecified atom stereocenters. The average Bonchev–Trinajstić information content (AvgIpc) is 2.52. The van der Waals surface area contributed by atoms with Crippen molar-refractivity contribution in [1.82, 2.24) is 16.0 Å². The van der Waals surface area contributed by atoms with Crippen molar-refractivity contribution in [2.45, 2.75) is 33.2 Å². The molecule has 0 aliphatic rings. The Morgan fingerprint density at radius 3 is 2.43 bits per heavy atom. The lowest BCUT2D eigenvalue weighted by Crippen LogP contribution is -2.50. The zero-order valence-electron chi connectivity index (χ0n) is 14.0. The van der Waals surface area contributed by atoms with E-state index in [2.05, 4.69) is 22.9 Å². The molecule has 0 aromatic heterocycles. The molecule has 0 radical (unpaired) electrons. The lowest BCUT2D eigenvalue weighted by Gasteiger charge is -2.22. The number of hydrogen-bond acceptors (Lipinski definition) is 3. The lowest BCUT2D eigenvalue weighted by molar-refractivity contribution is -0.123. The molecular formula is C17H26ClN3O2. The monoisotopic (exact) mass is 339 g/mol. The quantitative estimate of drug-likeness (QED) is 0.604. The maximum Gasteiger partial charge on any atom is 0.253 e. The Morgan fingerprint density at radius 2 is 1.83 bits per heavy atom. The van der Waals surface area contributed by atoms with E-state index in [1.54, 1.807) is 24.3 Å². The number of benzene rings is 1. The van der Waals surface area contributed by atoms with Crippen molar-refractivity contribution in [3.63, 3.8) is 0 Å². The van der Waals surface area contributed by atoms with Crippen molar-refractivity contribution in [1.29, 1.82) is 0 Å². The predicted molar refractivity (Wildman–Crippen MR) is 93.7 cm³/mol. The summed E-state index contributed by atoms with van der Waals surface area (Å²) in [7, 11) is 0. The van der Waals surface area contributed by atoms with Crippen LogP contribution in [-0.4, -0.2) is 37.5 Å². The molecule has 0 heterocycles. The second-order valence-electron chi connectivity index (χ2n) is 5.72. The fraction of sp³-hybridized carbons (Fsp3) is 0.529. The zero-order valence-corrected chi connectivity index (χ0v) is 14.7. The molecular weight excluding hydrogens is 314 g/mol. The number of rotatable bonds is 9. The summed E-state index contributed by atoms with van der Waals surface area (Å²) in [5, 5.41) is 9.20. The average molecular weight is 340 g/mol. The highest BCUT2D eigenvalue weighted by atomic mass is 35.5. The van der Waals surface area contributed by atoms with Gasteiger partial charge in [-0.05, 0) is 31.0 Å². The third-order valence-electron chi connectivity index (χ3n) is 3.38. The summed E-state index contributed by atoms with van der Waals surface area (Å²) >= 11 is 6.02. The second-order valence-corrected chi connectivity index (χ2v) is 6.12. The molecule has 0 aliphatic heterocycles. The van der Waals surface area contributed by atoms with Crippen molar-refractivity contribution in [2.75, 3.05) is 19.6 Å². The van der Waals surface area contributed by atoms with Gasteiger partial charge in [-0.2, -0.15) is 0 Å². The molecule has 2 amide bonds. The van der Waals surface area contributed by atoms with Gasteiger partial charge in [-0.25, -0.2) is 0 Å². The summed E-state index contributed by atoms with van der Waals surface area (Å²) in [6.07, 6.45) is 1.05. The van der Waals surface area contributed by atoms with Gasteiger partial charge in [0.2, 0.25) is 5.91 Å². The number of amides is 2. The molecule has 1 atom stereocenters. The maximum absolute atomic E-state index is 12.3. The van der Waals surface area contributed by atoms with Crippen molar-refractivity contribution in [2.24, 2.45) is 5.92 Å². The number of halogens is 1. The van der Waals surface area contributed by atoms with E-state index in [-0.39, 0.29) is 17.7 Å². The van der Waals surface area contributed by atoms with Gasteiger partial charge in [-0.3, -0.25) is 9.59 Å². The fourth-order valence-corrected chi connectivity index (χ4v) is 2.31. The summed E-state index contributed by atoms with van der Waals surface area (Å²) in [6.45, 7) is 8.04. The highest BCUT2D eigenvalue weighted by Gasteiger charge is 2.24. The van der Waals surface area contributed by atoms with Gasteiger partial charge in [-0.15, -0.1) is 0 Å². The number of hydrogen-bond donors (Lipinski definition) is 3. The molecule has 3 N–H and O–H groups in total. The minimum Gasteiger partial charge on any atom is -0.353 e. The van der Waals surface area contributed by atoms with Crippen LogP contribution < -0.4 is 16.0 Å². The van der Waals surface area contributed by atoms with Crippen LogP contribution in [-0.2, 0) is 4.79 Å². The van der Waals surface area contributed by atoms with E-state index in [1.165, 1.54) is 0 Å². The van der Waals surface area contributed by atoms with Gasteiger partial charge in [0.05, 0.1) is 10.6 Å². The van der Waals surface area contributed by atoms with Gasteiger partial charge in [0, 0.05) is 13.1 Å². The Kier molecular flexibility index (Phi) is 8.66. The fourth-order valence-electron chi connectivity index (χ4n) is 2.09. The van der Waals surface area contributed by atoms with Crippen LogP contribution >= 0.6 is 11.6 Å². The molecule has 6 heteroatoms. The van der Waals surface area contributed by atoms with E-state index in [4.69, 9.17) is 11.6 Å². The van der Waals surface area contributed by atoms with Crippen LogP contribution in [0.25, 0.3) is 0 Å². The van der Waals surface area contributed by atoms with Crippen molar-refractivity contribution in [3.05, 3.63) is 34.9 Å². The van der Waals surface area contributed by atoms with Crippen LogP contribution in [0.4, 0.5) is 0 Å². The van der Waals surface area contributed by atoms with Crippen molar-refractivity contribution in [3.8, 4) is 0 Å². The lowest BCUT2D eigenvalue weighted by atomic mass is 10.0. The van der Waals surface area contributed by atoms with Crippen molar-refractivity contribution < 1.29 is 9.59 Å². The number of nitrogens with one attached hydrogen (secondary N) is 3. The SMILES string of the molecule is CCCNCCNC(=O)C(NC(=O)c1ccccc1Cl)C(C)C. The minimum absolute atomic E-state index is 0.0231. The molecule has 0 bridgehead atoms. The topological polar surface area (TPSA) is 70.2 Å². The van der Waals surface area contributed by atoms with Crippen LogP contribution in [0, 0.1) is 5.92 Å². The van der Waals surface area contributed by atoms with Crippen LogP contribution in [0.2, 0.25) is 5.02 Å². The Balaban J connectivity index is 2.59. The van der Waals surface area contributed by atoms with Gasteiger partial charge in [-0.1, -0.05) is 44.5 Å². The van der Waals surface area contributed by atoms with Crippen LogP contribution in [0.1, 0.15) is 37.6 Å². The Hall–Kier alpha value is -1.59. The van der Waals surface area contributed by atoms with E-state index in [1.807, 2.05) is 13.8 Å². The first-order chi connectivity index (χ1) is 11.0. The maximum atomic E-state index is 12.3. The zero-order chi connectivity index (χ0) is 17.2. The molecule has 23 heavy (non-hydrogen) atoms. The Morgan fingerprint density at radius 1 is 1.13 bits per heavy atom. The van der Waals surface area contributed by atoms with Crippen LogP contribution in [0.3, 0.4) is 0 Å². The molecule has 0 fully saturated rings. The third kappa shape index (κ3) is 6.59. The van der Waals surface area contributed by atoms with E-state index in [9.17, 15) is 9.59 Å². The number of carbonyl (C=O) groups excluding carboxylic acids is 2. The van der Waals surface area contributed by atoms with E-state index < -0.39 is 6.04 Å². The number of carbonyl (C=O) groups is 2. The molecule has 0 saturated heterocycles. The van der Waals surface area contributed by atoms with E-state index in [0.717, 1.165) is 13.0 Å². The van der Waals surface area contributed by atoms with Gasteiger partial charge in [0.15, 0.2) is 0 Å². The highest BCUT2D eigenvalue weighted by molar-refractivity contribution is 6.33. The van der Waals surface area contributed by atoms with E-state index >= 15 is 0 Å². The molecule has 0 saturated carbocycles. The summed E-state index contributed by atoms with van der Waals surface area (Å²) in [4.78, 5) is 24.6. The van der Waals surface area contributed by atoms with Gasteiger partial charge in [0.25, 0.3) is 5.91 Å². The first-order valence-electron chi connectivity index (χ1n) is 8.01. The summed E-state index contributed by atoms with van der Waals surface area (Å²) in [5.74, 6) is -0.544. The van der Waals surface area contributed by atoms with Gasteiger partial charge in [0.1, 0.15) is 6.04 Å². The second kappa shape index (κ2) is 10.2. The van der Waals surface area contributed by atoms with Crippen LogP contribution in [0.5, 0.6) is 0 Å². The molecule has 1 rings (SSSR count). The Bertz CT molecular complexity index is 520. The standard InChI is InChI=1S/C17H26ClN3O2/c1-4-9-19-10-11-20-17(23)15(12(2)3)21-16(22)13-7-5-6-8-14(13)18/h5-8,12,15,19H,4,9-11H2,1-3H3,(H,20,23)(H,21,22). The smallest absolute Gasteiger partial charge is 0.253 e. The summed E-state index contributed by atoms with van der Waals surface area (Å²) in [6, 6.07) is 6.20. The predicted octanol–water partition coefficient (Wildman–Crippen LogP) is 2.21. The third-order valence-corrected chi connectivity index (χ3v) is 3.71. The molecule has 128 valence electrons. The summed E-state index contributed by atoms with van der Waals surface area (Å²) < 4.78 is 0. The molecule has 0 spiro atoms. The minimum atomic E-state index is -0.593. The molecule has 5 nitrogen and oxygen atoms in total. The van der Waals surface area contributed by atoms with Gasteiger partial charge < -0.3 is 16.0 Å². The van der Waals surface area contributed by atoms with Crippen molar-refractivity contribution >= 4 is 23.4 Å².